The highest BCUT2D eigenvalue weighted by molar-refractivity contribution is 5.79. The normalized spacial score (nSPS) is 23.7. The Balaban J connectivity index is 1.90. The first-order valence-corrected chi connectivity index (χ1v) is 7.52. The second-order valence-electron chi connectivity index (χ2n) is 6.22. The van der Waals surface area contributed by atoms with Crippen LogP contribution in [0.5, 0.6) is 5.75 Å². The second-order valence-corrected chi connectivity index (χ2v) is 6.22. The lowest BCUT2D eigenvalue weighted by molar-refractivity contribution is -0.121. The van der Waals surface area contributed by atoms with Gasteiger partial charge in [0.1, 0.15) is 11.5 Å². The number of hydrogen-bond acceptors (Lipinski definition) is 2. The largest absolute Gasteiger partial charge is 0.508 e. The van der Waals surface area contributed by atoms with Crippen LogP contribution in [-0.2, 0) is 10.2 Å². The van der Waals surface area contributed by atoms with E-state index in [0.717, 1.165) is 25.7 Å². The maximum absolute atomic E-state index is 11.5. The van der Waals surface area contributed by atoms with Crippen molar-refractivity contribution in [2.75, 3.05) is 0 Å². The number of Topliss-reactive ketones (excluding diaryl/α,β-unsaturated/α-hetero) is 1. The Kier molecular flexibility index (Phi) is 3.34. The van der Waals surface area contributed by atoms with Crippen molar-refractivity contribution in [1.29, 1.82) is 0 Å². The summed E-state index contributed by atoms with van der Waals surface area (Å²) in [5, 5.41) is 9.48. The first kappa shape index (κ1) is 12.7. The molecule has 1 aromatic rings. The molecule has 0 bridgehead atoms. The zero-order valence-electron chi connectivity index (χ0n) is 11.4. The Morgan fingerprint density at radius 3 is 2.16 bits per heavy atom. The summed E-state index contributed by atoms with van der Waals surface area (Å²) >= 11 is 0. The lowest BCUT2D eigenvalue weighted by Gasteiger charge is -2.40. The zero-order valence-corrected chi connectivity index (χ0v) is 11.4. The van der Waals surface area contributed by atoms with Gasteiger partial charge >= 0.3 is 0 Å². The predicted octanol–water partition coefficient (Wildman–Crippen LogP) is 3.96. The molecule has 0 heterocycles. The molecule has 2 fully saturated rings. The van der Waals surface area contributed by atoms with Gasteiger partial charge in [0.25, 0.3) is 0 Å². The van der Waals surface area contributed by atoms with E-state index in [9.17, 15) is 9.90 Å². The van der Waals surface area contributed by atoms with E-state index in [1.54, 1.807) is 0 Å². The number of benzene rings is 1. The molecule has 0 amide bonds. The monoisotopic (exact) mass is 258 g/mol. The average Bonchev–Trinajstić information content (AvgIpc) is 2.91. The van der Waals surface area contributed by atoms with Gasteiger partial charge in [-0.1, -0.05) is 25.0 Å². The first-order valence-electron chi connectivity index (χ1n) is 7.52. The fourth-order valence-electron chi connectivity index (χ4n) is 4.22. The maximum Gasteiger partial charge on any atom is 0.132 e. The summed E-state index contributed by atoms with van der Waals surface area (Å²) < 4.78 is 0. The molecule has 0 radical (unpaired) electrons. The van der Waals surface area contributed by atoms with Crippen LogP contribution in [0.3, 0.4) is 0 Å². The number of ketones is 1. The minimum Gasteiger partial charge on any atom is -0.508 e. The number of rotatable bonds is 2. The van der Waals surface area contributed by atoms with Gasteiger partial charge in [0.15, 0.2) is 0 Å². The summed E-state index contributed by atoms with van der Waals surface area (Å²) in [6.07, 6.45) is 8.73. The Bertz CT molecular complexity index is 445. The molecule has 2 heteroatoms. The minimum atomic E-state index is 0.272. The summed E-state index contributed by atoms with van der Waals surface area (Å²) in [6, 6.07) is 7.81. The van der Waals surface area contributed by atoms with Gasteiger partial charge in [-0.2, -0.15) is 0 Å². The maximum atomic E-state index is 11.5. The topological polar surface area (TPSA) is 37.3 Å². The van der Waals surface area contributed by atoms with Crippen molar-refractivity contribution in [1.82, 2.24) is 0 Å². The summed E-state index contributed by atoms with van der Waals surface area (Å²) in [7, 11) is 0. The highest BCUT2D eigenvalue weighted by Crippen LogP contribution is 2.51. The molecule has 0 aliphatic heterocycles. The predicted molar refractivity (Wildman–Crippen MR) is 75.2 cm³/mol. The molecular formula is C17H22O2. The molecular weight excluding hydrogens is 236 g/mol. The minimum absolute atomic E-state index is 0.272. The van der Waals surface area contributed by atoms with Gasteiger partial charge in [-0.25, -0.2) is 0 Å². The van der Waals surface area contributed by atoms with Crippen LogP contribution in [0.1, 0.15) is 56.9 Å². The van der Waals surface area contributed by atoms with Gasteiger partial charge in [0, 0.05) is 12.8 Å². The van der Waals surface area contributed by atoms with E-state index >= 15 is 0 Å². The molecule has 0 spiro atoms. The molecule has 2 aliphatic carbocycles. The zero-order chi connectivity index (χ0) is 13.3. The summed E-state index contributed by atoms with van der Waals surface area (Å²) in [4.78, 5) is 11.5. The summed E-state index contributed by atoms with van der Waals surface area (Å²) in [6.45, 7) is 0. The van der Waals surface area contributed by atoms with Gasteiger partial charge in [0.2, 0.25) is 0 Å². The van der Waals surface area contributed by atoms with Crippen LogP contribution < -0.4 is 0 Å². The fourth-order valence-corrected chi connectivity index (χ4v) is 4.22. The Morgan fingerprint density at radius 1 is 1.00 bits per heavy atom. The van der Waals surface area contributed by atoms with Crippen molar-refractivity contribution in [3.8, 4) is 5.75 Å². The molecule has 1 N–H and O–H groups in total. The number of phenols is 1. The fraction of sp³-hybridized carbons (Fsp3) is 0.588. The first-order chi connectivity index (χ1) is 9.21. The van der Waals surface area contributed by atoms with Crippen molar-refractivity contribution < 1.29 is 9.90 Å². The Hall–Kier alpha value is -1.31. The standard InChI is InChI=1S/C17H22O2/c18-15-7-3-13(4-8-15)17(11-1-2-12-17)14-5-9-16(19)10-6-14/h3-4,7-8,14,18H,1-2,5-6,9-12H2. The molecule has 19 heavy (non-hydrogen) atoms. The Morgan fingerprint density at radius 2 is 1.58 bits per heavy atom. The quantitative estimate of drug-likeness (QED) is 0.871. The van der Waals surface area contributed by atoms with Gasteiger partial charge in [0.05, 0.1) is 0 Å². The van der Waals surface area contributed by atoms with Crippen LogP contribution >= 0.6 is 0 Å². The number of carbonyl (C=O) groups is 1. The van der Waals surface area contributed by atoms with Crippen LogP contribution in [0, 0.1) is 5.92 Å². The van der Waals surface area contributed by atoms with Crippen molar-refractivity contribution in [2.24, 2.45) is 5.92 Å². The van der Waals surface area contributed by atoms with Gasteiger partial charge in [-0.05, 0) is 54.7 Å². The molecule has 1 aromatic carbocycles. The van der Waals surface area contributed by atoms with Crippen molar-refractivity contribution >= 4 is 5.78 Å². The van der Waals surface area contributed by atoms with E-state index < -0.39 is 0 Å². The molecule has 2 saturated carbocycles. The third kappa shape index (κ3) is 2.29. The number of hydrogen-bond donors (Lipinski definition) is 1. The lowest BCUT2D eigenvalue weighted by Crippen LogP contribution is -2.35. The molecule has 0 aromatic heterocycles. The van der Waals surface area contributed by atoms with E-state index in [1.165, 1.54) is 31.2 Å². The molecule has 0 atom stereocenters. The van der Waals surface area contributed by atoms with Crippen LogP contribution in [0.25, 0.3) is 0 Å². The van der Waals surface area contributed by atoms with E-state index in [1.807, 2.05) is 12.1 Å². The number of carbonyl (C=O) groups excluding carboxylic acids is 1. The Labute approximate surface area is 114 Å². The molecule has 0 unspecified atom stereocenters. The average molecular weight is 258 g/mol. The third-order valence-corrected chi connectivity index (χ3v) is 5.26. The lowest BCUT2D eigenvalue weighted by atomic mass is 9.64. The third-order valence-electron chi connectivity index (χ3n) is 5.26. The van der Waals surface area contributed by atoms with Gasteiger partial charge in [-0.15, -0.1) is 0 Å². The molecule has 0 saturated heterocycles. The van der Waals surface area contributed by atoms with Crippen molar-refractivity contribution in [2.45, 2.75) is 56.8 Å². The van der Waals surface area contributed by atoms with E-state index in [4.69, 9.17) is 0 Å². The van der Waals surface area contributed by atoms with Gasteiger partial charge in [-0.3, -0.25) is 4.79 Å². The molecule has 2 aliphatic rings. The van der Waals surface area contributed by atoms with Crippen LogP contribution in [0.2, 0.25) is 0 Å². The highest BCUT2D eigenvalue weighted by Gasteiger charge is 2.43. The van der Waals surface area contributed by atoms with Crippen molar-refractivity contribution in [3.63, 3.8) is 0 Å². The van der Waals surface area contributed by atoms with Crippen molar-refractivity contribution in [3.05, 3.63) is 29.8 Å². The molecule has 3 rings (SSSR count). The molecule has 2 nitrogen and oxygen atoms in total. The summed E-state index contributed by atoms with van der Waals surface area (Å²) in [5.74, 6) is 1.43. The van der Waals surface area contributed by atoms with E-state index in [2.05, 4.69) is 12.1 Å². The number of phenolic OH excluding ortho intramolecular Hbond substituents is 1. The van der Waals surface area contributed by atoms with Crippen LogP contribution in [-0.4, -0.2) is 10.9 Å². The highest BCUT2D eigenvalue weighted by atomic mass is 16.3. The van der Waals surface area contributed by atoms with Gasteiger partial charge < -0.3 is 5.11 Å². The van der Waals surface area contributed by atoms with E-state index in [0.29, 0.717) is 17.5 Å². The SMILES string of the molecule is O=C1CCC(C2(c3ccc(O)cc3)CCCC2)CC1. The van der Waals surface area contributed by atoms with Crippen LogP contribution in [0.15, 0.2) is 24.3 Å². The van der Waals surface area contributed by atoms with Crippen LogP contribution in [0.4, 0.5) is 0 Å². The summed E-state index contributed by atoms with van der Waals surface area (Å²) in [5.41, 5.74) is 1.65. The molecule has 102 valence electrons. The smallest absolute Gasteiger partial charge is 0.132 e. The van der Waals surface area contributed by atoms with E-state index in [-0.39, 0.29) is 5.41 Å². The number of aromatic hydroxyl groups is 1. The second kappa shape index (κ2) is 4.99.